The molecule has 1 aliphatic rings. The maximum absolute atomic E-state index is 10.7. The van der Waals surface area contributed by atoms with Crippen molar-refractivity contribution in [3.05, 3.63) is 0 Å². The largest absolute Gasteiger partial charge is 0.344 e. The summed E-state index contributed by atoms with van der Waals surface area (Å²) < 4.78 is 0. The van der Waals surface area contributed by atoms with E-state index in [4.69, 9.17) is 6.42 Å². The third kappa shape index (κ3) is 5.44. The van der Waals surface area contributed by atoms with E-state index in [2.05, 4.69) is 10.6 Å². The van der Waals surface area contributed by atoms with Crippen LogP contribution >= 0.6 is 0 Å². The number of terminal acetylenes is 1. The van der Waals surface area contributed by atoms with Crippen LogP contribution in [0.1, 0.15) is 38.5 Å². The fraction of sp³-hybridized carbons (Fsp3) is 0.750. The Morgan fingerprint density at radius 1 is 1.20 bits per heavy atom. The van der Waals surface area contributed by atoms with Gasteiger partial charge >= 0.3 is 0 Å². The van der Waals surface area contributed by atoms with Crippen LogP contribution in [-0.4, -0.2) is 25.0 Å². The second-order valence-electron chi connectivity index (χ2n) is 4.04. The smallest absolute Gasteiger partial charge is 0.295 e. The van der Waals surface area contributed by atoms with Gasteiger partial charge in [0.15, 0.2) is 0 Å². The zero-order chi connectivity index (χ0) is 10.9. The van der Waals surface area contributed by atoms with E-state index in [1.807, 2.05) is 5.92 Å². The monoisotopic (exact) mass is 208 g/mol. The van der Waals surface area contributed by atoms with Crippen molar-refractivity contribution < 1.29 is 4.79 Å². The number of rotatable bonds is 4. The van der Waals surface area contributed by atoms with Crippen LogP contribution in [0.3, 0.4) is 0 Å². The Morgan fingerprint density at radius 2 is 1.87 bits per heavy atom. The zero-order valence-corrected chi connectivity index (χ0v) is 9.22. The van der Waals surface area contributed by atoms with Crippen molar-refractivity contribution in [2.75, 3.05) is 13.1 Å². The highest BCUT2D eigenvalue weighted by Crippen LogP contribution is 2.16. The molecule has 0 heterocycles. The van der Waals surface area contributed by atoms with Crippen molar-refractivity contribution in [3.63, 3.8) is 0 Å². The van der Waals surface area contributed by atoms with Crippen LogP contribution in [0.5, 0.6) is 0 Å². The van der Waals surface area contributed by atoms with Gasteiger partial charge in [-0.3, -0.25) is 4.79 Å². The van der Waals surface area contributed by atoms with E-state index in [1.54, 1.807) is 0 Å². The summed E-state index contributed by atoms with van der Waals surface area (Å²) in [4.78, 5) is 10.7. The fourth-order valence-corrected chi connectivity index (χ4v) is 1.99. The zero-order valence-electron chi connectivity index (χ0n) is 9.22. The van der Waals surface area contributed by atoms with Crippen molar-refractivity contribution in [2.45, 2.75) is 44.6 Å². The highest BCUT2D eigenvalue weighted by atomic mass is 16.1. The first kappa shape index (κ1) is 12.1. The average Bonchev–Trinajstić information content (AvgIpc) is 2.52. The topological polar surface area (TPSA) is 41.1 Å². The predicted octanol–water partition coefficient (Wildman–Crippen LogP) is 1.05. The Bertz CT molecular complexity index is 224. The number of nitrogens with one attached hydrogen (secondary N) is 2. The summed E-state index contributed by atoms with van der Waals surface area (Å²) in [5, 5.41) is 6.11. The number of amides is 1. The molecule has 0 aliphatic heterocycles. The fourth-order valence-electron chi connectivity index (χ4n) is 1.99. The minimum absolute atomic E-state index is 0.322. The predicted molar refractivity (Wildman–Crippen MR) is 61.3 cm³/mol. The summed E-state index contributed by atoms with van der Waals surface area (Å²) in [6.45, 7) is 1.44. The summed E-state index contributed by atoms with van der Waals surface area (Å²) in [5.74, 6) is 1.71. The van der Waals surface area contributed by atoms with Crippen LogP contribution in [0.25, 0.3) is 0 Å². The molecular weight excluding hydrogens is 188 g/mol. The molecule has 0 radical (unpaired) electrons. The van der Waals surface area contributed by atoms with E-state index in [0.29, 0.717) is 12.6 Å². The van der Waals surface area contributed by atoms with Crippen LogP contribution in [0.2, 0.25) is 0 Å². The molecule has 3 heteroatoms. The lowest BCUT2D eigenvalue weighted by molar-refractivity contribution is -0.115. The van der Waals surface area contributed by atoms with Crippen LogP contribution in [-0.2, 0) is 4.79 Å². The lowest BCUT2D eigenvalue weighted by atomic mass is 10.1. The normalized spacial score (nSPS) is 17.8. The molecule has 0 aromatic rings. The Hall–Kier alpha value is -1.01. The van der Waals surface area contributed by atoms with Gasteiger partial charge in [0.25, 0.3) is 5.91 Å². The van der Waals surface area contributed by atoms with Gasteiger partial charge in [-0.1, -0.05) is 25.7 Å². The summed E-state index contributed by atoms with van der Waals surface area (Å²) in [6.07, 6.45) is 12.9. The number of carbonyl (C=O) groups excluding carboxylic acids is 1. The van der Waals surface area contributed by atoms with Crippen LogP contribution in [0, 0.1) is 12.3 Å². The summed E-state index contributed by atoms with van der Waals surface area (Å²) >= 11 is 0. The number of hydrogen-bond donors (Lipinski definition) is 2. The van der Waals surface area contributed by atoms with Crippen molar-refractivity contribution in [1.82, 2.24) is 10.6 Å². The van der Waals surface area contributed by atoms with E-state index in [1.165, 1.54) is 38.5 Å². The third-order valence-corrected chi connectivity index (χ3v) is 2.83. The highest BCUT2D eigenvalue weighted by Gasteiger charge is 2.10. The molecule has 84 valence electrons. The van der Waals surface area contributed by atoms with Crippen LogP contribution < -0.4 is 10.6 Å². The van der Waals surface area contributed by atoms with Gasteiger partial charge in [-0.25, -0.2) is 0 Å². The first-order valence-corrected chi connectivity index (χ1v) is 5.81. The Balaban J connectivity index is 2.03. The minimum atomic E-state index is -0.322. The number of hydrogen-bond acceptors (Lipinski definition) is 2. The molecule has 3 nitrogen and oxygen atoms in total. The molecule has 0 bridgehead atoms. The molecule has 1 saturated carbocycles. The lowest BCUT2D eigenvalue weighted by Gasteiger charge is -2.15. The molecule has 1 amide bonds. The van der Waals surface area contributed by atoms with E-state index in [9.17, 15) is 4.79 Å². The van der Waals surface area contributed by atoms with Gasteiger partial charge < -0.3 is 10.6 Å². The van der Waals surface area contributed by atoms with Crippen LogP contribution in [0.15, 0.2) is 0 Å². The Kier molecular flexibility index (Phi) is 5.87. The van der Waals surface area contributed by atoms with E-state index < -0.39 is 0 Å². The standard InChI is InChI=1S/C12H20N2O/c1-2-12(15)14-10-9-13-11-7-5-3-4-6-8-11/h1,11,13H,3-10H2,(H,14,15). The van der Waals surface area contributed by atoms with E-state index in [-0.39, 0.29) is 5.91 Å². The molecule has 0 spiro atoms. The van der Waals surface area contributed by atoms with Crippen LogP contribution in [0.4, 0.5) is 0 Å². The molecule has 15 heavy (non-hydrogen) atoms. The molecule has 0 atom stereocenters. The van der Waals surface area contributed by atoms with Gasteiger partial charge in [0, 0.05) is 19.1 Å². The maximum Gasteiger partial charge on any atom is 0.295 e. The minimum Gasteiger partial charge on any atom is -0.344 e. The molecule has 0 saturated heterocycles. The van der Waals surface area contributed by atoms with Gasteiger partial charge in [0.1, 0.15) is 0 Å². The SMILES string of the molecule is C#CC(=O)NCCNC1CCCCCC1. The number of carbonyl (C=O) groups is 1. The quantitative estimate of drug-likeness (QED) is 0.412. The summed E-state index contributed by atoms with van der Waals surface area (Å²) in [6, 6.07) is 0.634. The molecule has 1 rings (SSSR count). The van der Waals surface area contributed by atoms with Gasteiger partial charge in [-0.05, 0) is 18.8 Å². The van der Waals surface area contributed by atoms with Gasteiger partial charge in [0.05, 0.1) is 0 Å². The Morgan fingerprint density at radius 3 is 2.47 bits per heavy atom. The first-order valence-electron chi connectivity index (χ1n) is 5.81. The van der Waals surface area contributed by atoms with Gasteiger partial charge in [-0.15, -0.1) is 6.42 Å². The van der Waals surface area contributed by atoms with Gasteiger partial charge in [-0.2, -0.15) is 0 Å². The Labute approximate surface area is 92.0 Å². The first-order chi connectivity index (χ1) is 7.33. The van der Waals surface area contributed by atoms with E-state index in [0.717, 1.165) is 6.54 Å². The molecule has 0 aromatic carbocycles. The van der Waals surface area contributed by atoms with E-state index >= 15 is 0 Å². The molecule has 0 unspecified atom stereocenters. The molecule has 1 aliphatic carbocycles. The highest BCUT2D eigenvalue weighted by molar-refractivity contribution is 5.92. The van der Waals surface area contributed by atoms with Crippen molar-refractivity contribution in [3.8, 4) is 12.3 Å². The summed E-state index contributed by atoms with van der Waals surface area (Å²) in [5.41, 5.74) is 0. The average molecular weight is 208 g/mol. The lowest BCUT2D eigenvalue weighted by Crippen LogP contribution is -2.36. The molecule has 2 N–H and O–H groups in total. The van der Waals surface area contributed by atoms with Crippen molar-refractivity contribution >= 4 is 5.91 Å². The summed E-state index contributed by atoms with van der Waals surface area (Å²) in [7, 11) is 0. The maximum atomic E-state index is 10.7. The second-order valence-corrected chi connectivity index (χ2v) is 4.04. The molecular formula is C12H20N2O. The second kappa shape index (κ2) is 7.30. The van der Waals surface area contributed by atoms with Crippen molar-refractivity contribution in [2.24, 2.45) is 0 Å². The molecule has 1 fully saturated rings. The van der Waals surface area contributed by atoms with Crippen molar-refractivity contribution in [1.29, 1.82) is 0 Å². The van der Waals surface area contributed by atoms with Gasteiger partial charge in [0.2, 0.25) is 0 Å². The third-order valence-electron chi connectivity index (χ3n) is 2.83. The molecule has 0 aromatic heterocycles.